The van der Waals surface area contributed by atoms with Gasteiger partial charge in [0, 0.05) is 29.8 Å². The fraction of sp³-hybridized carbons (Fsp3) is 0.105. The molecule has 26 heavy (non-hydrogen) atoms. The molecule has 1 amide bonds. The molecule has 0 fully saturated rings. The van der Waals surface area contributed by atoms with Crippen molar-refractivity contribution in [3.63, 3.8) is 0 Å². The predicted octanol–water partition coefficient (Wildman–Crippen LogP) is 3.51. The summed E-state index contributed by atoms with van der Waals surface area (Å²) in [5.74, 6) is 1.50. The lowest BCUT2D eigenvalue weighted by atomic mass is 10.2. The maximum Gasteiger partial charge on any atom is 0.258 e. The molecule has 3 aromatic rings. The number of benzene rings is 2. The van der Waals surface area contributed by atoms with Crippen molar-refractivity contribution in [1.29, 1.82) is 0 Å². The third kappa shape index (κ3) is 3.41. The number of carbonyl (C=O) groups excluding carboxylic acids is 1. The molecule has 0 radical (unpaired) electrons. The first-order valence-electron chi connectivity index (χ1n) is 8.04. The number of fused-ring (bicyclic) bond motifs is 1. The van der Waals surface area contributed by atoms with Gasteiger partial charge in [0.15, 0.2) is 11.5 Å². The Morgan fingerprint density at radius 2 is 1.81 bits per heavy atom. The highest BCUT2D eigenvalue weighted by atomic mass is 16.7. The molecule has 0 aliphatic carbocycles. The number of aryl methyl sites for hydroxylation is 1. The van der Waals surface area contributed by atoms with Gasteiger partial charge in [-0.1, -0.05) is 12.1 Å². The molecule has 1 aliphatic heterocycles. The van der Waals surface area contributed by atoms with Crippen LogP contribution in [0.4, 0.5) is 17.3 Å². The fourth-order valence-corrected chi connectivity index (χ4v) is 2.54. The zero-order valence-electron chi connectivity index (χ0n) is 14.0. The summed E-state index contributed by atoms with van der Waals surface area (Å²) in [5.41, 5.74) is 2.95. The standard InChI is InChI=1S/C19H16N4O3/c1-12-3-2-4-14(7-12)22-18(24)13-9-20-19(21-10-13)23-15-5-6-16-17(8-15)26-11-25-16/h2-10H,11H2,1H3,(H,22,24)(H,20,21,23). The van der Waals surface area contributed by atoms with Gasteiger partial charge in [-0.3, -0.25) is 4.79 Å². The van der Waals surface area contributed by atoms with Crippen molar-refractivity contribution in [2.45, 2.75) is 6.92 Å². The van der Waals surface area contributed by atoms with Gasteiger partial charge in [-0.25, -0.2) is 9.97 Å². The van der Waals surface area contributed by atoms with Crippen LogP contribution in [0, 0.1) is 6.92 Å². The summed E-state index contributed by atoms with van der Waals surface area (Å²) in [6, 6.07) is 13.1. The van der Waals surface area contributed by atoms with Crippen molar-refractivity contribution in [2.75, 3.05) is 17.4 Å². The summed E-state index contributed by atoms with van der Waals surface area (Å²) in [7, 11) is 0. The minimum atomic E-state index is -0.259. The molecular formula is C19H16N4O3. The second-order valence-corrected chi connectivity index (χ2v) is 5.81. The van der Waals surface area contributed by atoms with Crippen LogP contribution in [0.2, 0.25) is 0 Å². The van der Waals surface area contributed by atoms with Gasteiger partial charge in [0.1, 0.15) is 0 Å². The van der Waals surface area contributed by atoms with E-state index in [9.17, 15) is 4.79 Å². The van der Waals surface area contributed by atoms with E-state index in [1.54, 1.807) is 0 Å². The molecule has 7 heteroatoms. The Hall–Kier alpha value is -3.61. The first kappa shape index (κ1) is 15.9. The van der Waals surface area contributed by atoms with Gasteiger partial charge < -0.3 is 20.1 Å². The maximum atomic E-state index is 12.3. The Labute approximate surface area is 150 Å². The minimum Gasteiger partial charge on any atom is -0.454 e. The van der Waals surface area contributed by atoms with Crippen LogP contribution in [0.15, 0.2) is 54.9 Å². The molecule has 0 saturated carbocycles. The number of anilines is 3. The summed E-state index contributed by atoms with van der Waals surface area (Å²) in [6.07, 6.45) is 2.96. The van der Waals surface area contributed by atoms with E-state index in [1.165, 1.54) is 12.4 Å². The van der Waals surface area contributed by atoms with E-state index in [2.05, 4.69) is 20.6 Å². The van der Waals surface area contributed by atoms with Crippen molar-refractivity contribution in [3.8, 4) is 11.5 Å². The quantitative estimate of drug-likeness (QED) is 0.750. The zero-order chi connectivity index (χ0) is 17.9. The summed E-state index contributed by atoms with van der Waals surface area (Å²) in [6.45, 7) is 2.19. The van der Waals surface area contributed by atoms with Crippen LogP contribution in [0.3, 0.4) is 0 Å². The first-order valence-corrected chi connectivity index (χ1v) is 8.04. The average molecular weight is 348 g/mol. The number of ether oxygens (including phenoxy) is 2. The number of nitrogens with zero attached hydrogens (tertiary/aromatic N) is 2. The third-order valence-corrected chi connectivity index (χ3v) is 3.82. The lowest BCUT2D eigenvalue weighted by Gasteiger charge is -2.08. The summed E-state index contributed by atoms with van der Waals surface area (Å²) < 4.78 is 10.6. The van der Waals surface area contributed by atoms with Gasteiger partial charge in [0.2, 0.25) is 12.7 Å². The van der Waals surface area contributed by atoms with Crippen molar-refractivity contribution in [3.05, 3.63) is 66.0 Å². The smallest absolute Gasteiger partial charge is 0.258 e. The molecule has 130 valence electrons. The van der Waals surface area contributed by atoms with Crippen molar-refractivity contribution in [1.82, 2.24) is 9.97 Å². The summed E-state index contributed by atoms with van der Waals surface area (Å²) in [5, 5.41) is 5.89. The lowest BCUT2D eigenvalue weighted by molar-refractivity contribution is 0.102. The van der Waals surface area contributed by atoms with Crippen LogP contribution in [0.5, 0.6) is 11.5 Å². The van der Waals surface area contributed by atoms with E-state index in [0.29, 0.717) is 23.0 Å². The molecule has 0 spiro atoms. The molecule has 0 saturated heterocycles. The number of aromatic nitrogens is 2. The topological polar surface area (TPSA) is 85.4 Å². The molecule has 2 aromatic carbocycles. The fourth-order valence-electron chi connectivity index (χ4n) is 2.54. The van der Waals surface area contributed by atoms with E-state index >= 15 is 0 Å². The highest BCUT2D eigenvalue weighted by Crippen LogP contribution is 2.34. The van der Waals surface area contributed by atoms with Crippen LogP contribution < -0.4 is 20.1 Å². The van der Waals surface area contributed by atoms with E-state index in [4.69, 9.17) is 9.47 Å². The molecule has 7 nitrogen and oxygen atoms in total. The van der Waals surface area contributed by atoms with Crippen molar-refractivity contribution < 1.29 is 14.3 Å². The van der Waals surface area contributed by atoms with Gasteiger partial charge in [-0.05, 0) is 36.8 Å². The number of nitrogens with one attached hydrogen (secondary N) is 2. The van der Waals surface area contributed by atoms with Gasteiger partial charge in [-0.15, -0.1) is 0 Å². The molecule has 1 aromatic heterocycles. The van der Waals surface area contributed by atoms with Crippen LogP contribution in [0.25, 0.3) is 0 Å². The first-order chi connectivity index (χ1) is 12.7. The Kier molecular flexibility index (Phi) is 4.10. The van der Waals surface area contributed by atoms with E-state index in [1.807, 2.05) is 49.4 Å². The molecule has 0 atom stereocenters. The molecule has 2 heterocycles. The highest BCUT2D eigenvalue weighted by molar-refractivity contribution is 6.03. The number of amides is 1. The van der Waals surface area contributed by atoms with Gasteiger partial charge in [0.25, 0.3) is 5.91 Å². The SMILES string of the molecule is Cc1cccc(NC(=O)c2cnc(Nc3ccc4c(c3)OCO4)nc2)c1. The Morgan fingerprint density at radius 3 is 2.62 bits per heavy atom. The second kappa shape index (κ2) is 6.72. The summed E-state index contributed by atoms with van der Waals surface area (Å²) in [4.78, 5) is 20.7. The lowest BCUT2D eigenvalue weighted by Crippen LogP contribution is -2.13. The van der Waals surface area contributed by atoms with Crippen molar-refractivity contribution >= 4 is 23.2 Å². The van der Waals surface area contributed by atoms with Crippen LogP contribution in [-0.4, -0.2) is 22.7 Å². The Balaban J connectivity index is 1.44. The van der Waals surface area contributed by atoms with Crippen LogP contribution in [0.1, 0.15) is 15.9 Å². The van der Waals surface area contributed by atoms with Crippen LogP contribution >= 0.6 is 0 Å². The zero-order valence-corrected chi connectivity index (χ0v) is 14.0. The van der Waals surface area contributed by atoms with E-state index < -0.39 is 0 Å². The second-order valence-electron chi connectivity index (χ2n) is 5.81. The van der Waals surface area contributed by atoms with Crippen molar-refractivity contribution in [2.24, 2.45) is 0 Å². The molecule has 4 rings (SSSR count). The largest absolute Gasteiger partial charge is 0.454 e. The normalized spacial score (nSPS) is 11.9. The predicted molar refractivity (Wildman–Crippen MR) is 97.0 cm³/mol. The third-order valence-electron chi connectivity index (χ3n) is 3.82. The molecule has 0 bridgehead atoms. The highest BCUT2D eigenvalue weighted by Gasteiger charge is 2.14. The summed E-state index contributed by atoms with van der Waals surface area (Å²) >= 11 is 0. The minimum absolute atomic E-state index is 0.222. The monoisotopic (exact) mass is 348 g/mol. The number of hydrogen-bond acceptors (Lipinski definition) is 6. The van der Waals surface area contributed by atoms with Crippen LogP contribution in [-0.2, 0) is 0 Å². The van der Waals surface area contributed by atoms with E-state index in [-0.39, 0.29) is 12.7 Å². The Morgan fingerprint density at radius 1 is 1.00 bits per heavy atom. The van der Waals surface area contributed by atoms with Gasteiger partial charge in [-0.2, -0.15) is 0 Å². The molecule has 1 aliphatic rings. The number of carbonyl (C=O) groups is 1. The Bertz CT molecular complexity index is 957. The number of hydrogen-bond donors (Lipinski definition) is 2. The molecule has 0 unspecified atom stereocenters. The average Bonchev–Trinajstić information content (AvgIpc) is 3.10. The molecular weight excluding hydrogens is 332 g/mol. The number of rotatable bonds is 4. The van der Waals surface area contributed by atoms with E-state index in [0.717, 1.165) is 16.9 Å². The van der Waals surface area contributed by atoms with Gasteiger partial charge in [0.05, 0.1) is 5.56 Å². The van der Waals surface area contributed by atoms with Gasteiger partial charge >= 0.3 is 0 Å². The maximum absolute atomic E-state index is 12.3. The molecule has 2 N–H and O–H groups in total.